The zero-order valence-electron chi connectivity index (χ0n) is 17.6. The Morgan fingerprint density at radius 1 is 0.968 bits per heavy atom. The molecule has 2 aliphatic heterocycles. The maximum atomic E-state index is 12.9. The van der Waals surface area contributed by atoms with E-state index >= 15 is 0 Å². The molecule has 0 spiro atoms. The van der Waals surface area contributed by atoms with Gasteiger partial charge in [-0.2, -0.15) is 9.29 Å². The molecule has 1 atom stereocenters. The van der Waals surface area contributed by atoms with Crippen LogP contribution < -0.4 is 0 Å². The van der Waals surface area contributed by atoms with Crippen LogP contribution in [0.2, 0.25) is 0 Å². The van der Waals surface area contributed by atoms with Crippen LogP contribution in [0.3, 0.4) is 0 Å². The maximum Gasteiger partial charge on any atom is 0.243 e. The quantitative estimate of drug-likeness (QED) is 0.632. The molecule has 170 valence electrons. The van der Waals surface area contributed by atoms with E-state index in [1.807, 2.05) is 7.05 Å². The predicted molar refractivity (Wildman–Crippen MR) is 114 cm³/mol. The van der Waals surface area contributed by atoms with E-state index in [0.29, 0.717) is 56.5 Å². The summed E-state index contributed by atoms with van der Waals surface area (Å²) in [4.78, 5) is 6.78. The largest absolute Gasteiger partial charge is 0.339 e. The molecular weight excluding hydrogens is 442 g/mol. The SMILES string of the molecule is CN1CCN(S(=O)(=O)c2ccc(-c3noc(C4CCCN(S(C)(=O)=O)C4)n3)cc2)CC1. The molecule has 2 aliphatic rings. The molecular formula is C19H27N5O5S2. The number of piperidine rings is 1. The Balaban J connectivity index is 1.48. The lowest BCUT2D eigenvalue weighted by atomic mass is 10.00. The van der Waals surface area contributed by atoms with Gasteiger partial charge in [-0.05, 0) is 44.2 Å². The van der Waals surface area contributed by atoms with Crippen molar-refractivity contribution >= 4 is 20.0 Å². The number of aromatic nitrogens is 2. The first-order chi connectivity index (χ1) is 14.6. The van der Waals surface area contributed by atoms with Gasteiger partial charge in [0.15, 0.2) is 0 Å². The molecule has 3 heterocycles. The number of benzene rings is 1. The smallest absolute Gasteiger partial charge is 0.243 e. The van der Waals surface area contributed by atoms with E-state index in [9.17, 15) is 16.8 Å². The number of sulfonamides is 2. The minimum Gasteiger partial charge on any atom is -0.339 e. The van der Waals surface area contributed by atoms with Crippen molar-refractivity contribution in [2.45, 2.75) is 23.7 Å². The summed E-state index contributed by atoms with van der Waals surface area (Å²) in [5.74, 6) is 0.606. The second-order valence-corrected chi connectivity index (χ2v) is 12.1. The zero-order valence-corrected chi connectivity index (χ0v) is 19.3. The molecule has 12 heteroatoms. The Bertz CT molecular complexity index is 1120. The van der Waals surface area contributed by atoms with Crippen molar-refractivity contribution in [1.82, 2.24) is 23.7 Å². The normalized spacial score (nSPS) is 22.6. The van der Waals surface area contributed by atoms with E-state index in [0.717, 1.165) is 12.8 Å². The fourth-order valence-electron chi connectivity index (χ4n) is 3.92. The van der Waals surface area contributed by atoms with Crippen molar-refractivity contribution in [3.05, 3.63) is 30.2 Å². The van der Waals surface area contributed by atoms with Gasteiger partial charge in [0.2, 0.25) is 31.8 Å². The Morgan fingerprint density at radius 2 is 1.65 bits per heavy atom. The third-order valence-corrected chi connectivity index (χ3v) is 9.04. The third-order valence-electron chi connectivity index (χ3n) is 5.86. The summed E-state index contributed by atoms with van der Waals surface area (Å²) in [6, 6.07) is 6.46. The average molecular weight is 470 g/mol. The molecule has 2 aromatic rings. The fraction of sp³-hybridized carbons (Fsp3) is 0.579. The van der Waals surface area contributed by atoms with Crippen LogP contribution in [0.5, 0.6) is 0 Å². The minimum atomic E-state index is -3.54. The molecule has 1 aromatic heterocycles. The highest BCUT2D eigenvalue weighted by atomic mass is 32.2. The van der Waals surface area contributed by atoms with Gasteiger partial charge in [-0.15, -0.1) is 0 Å². The number of rotatable bonds is 5. The molecule has 4 rings (SSSR count). The first kappa shape index (κ1) is 22.3. The maximum absolute atomic E-state index is 12.9. The van der Waals surface area contributed by atoms with Gasteiger partial charge in [0.1, 0.15) is 0 Å². The standard InChI is InChI=1S/C19H27N5O5S2/c1-22-10-12-23(13-11-22)31(27,28)17-7-5-15(6-8-17)18-20-19(29-21-18)16-4-3-9-24(14-16)30(2,25)26/h5-8,16H,3-4,9-14H2,1-2H3. The molecule has 0 radical (unpaired) electrons. The van der Waals surface area contributed by atoms with Gasteiger partial charge in [-0.3, -0.25) is 0 Å². The van der Waals surface area contributed by atoms with E-state index < -0.39 is 20.0 Å². The van der Waals surface area contributed by atoms with Gasteiger partial charge in [-0.1, -0.05) is 5.16 Å². The van der Waals surface area contributed by atoms with Crippen molar-refractivity contribution < 1.29 is 21.4 Å². The van der Waals surface area contributed by atoms with E-state index in [-0.39, 0.29) is 10.8 Å². The molecule has 0 N–H and O–H groups in total. The van der Waals surface area contributed by atoms with Crippen LogP contribution in [-0.2, 0) is 20.0 Å². The summed E-state index contributed by atoms with van der Waals surface area (Å²) in [5, 5.41) is 4.02. The second-order valence-electron chi connectivity index (χ2n) is 8.15. The molecule has 31 heavy (non-hydrogen) atoms. The molecule has 10 nitrogen and oxygen atoms in total. The third kappa shape index (κ3) is 4.82. The lowest BCUT2D eigenvalue weighted by Crippen LogP contribution is -2.46. The van der Waals surface area contributed by atoms with Crippen molar-refractivity contribution in [1.29, 1.82) is 0 Å². The summed E-state index contributed by atoms with van der Waals surface area (Å²) in [7, 11) is -4.82. The number of nitrogens with zero attached hydrogens (tertiary/aromatic N) is 5. The fourth-order valence-corrected chi connectivity index (χ4v) is 6.25. The Morgan fingerprint density at radius 3 is 2.29 bits per heavy atom. The van der Waals surface area contributed by atoms with E-state index in [4.69, 9.17) is 4.52 Å². The van der Waals surface area contributed by atoms with Gasteiger partial charge < -0.3 is 9.42 Å². The van der Waals surface area contributed by atoms with E-state index in [2.05, 4.69) is 15.0 Å². The predicted octanol–water partition coefficient (Wildman–Crippen LogP) is 0.812. The highest BCUT2D eigenvalue weighted by Gasteiger charge is 2.31. The Kier molecular flexibility index (Phi) is 6.19. The molecule has 0 saturated carbocycles. The summed E-state index contributed by atoms with van der Waals surface area (Å²) >= 11 is 0. The molecule has 0 amide bonds. The zero-order chi connectivity index (χ0) is 22.2. The first-order valence-electron chi connectivity index (χ1n) is 10.2. The van der Waals surface area contributed by atoms with Crippen LogP contribution in [0, 0.1) is 0 Å². The Labute approximate surface area is 182 Å². The lowest BCUT2D eigenvalue weighted by molar-refractivity contribution is 0.222. The van der Waals surface area contributed by atoms with Crippen molar-refractivity contribution in [3.8, 4) is 11.4 Å². The summed E-state index contributed by atoms with van der Waals surface area (Å²) in [6.45, 7) is 3.19. The van der Waals surface area contributed by atoms with Crippen LogP contribution in [-0.4, -0.2) is 93.1 Å². The molecule has 1 unspecified atom stereocenters. The van der Waals surface area contributed by atoms with Gasteiger partial charge in [0.05, 0.1) is 17.1 Å². The topological polar surface area (TPSA) is 117 Å². The number of piperazine rings is 1. The Hall–Kier alpha value is -1.86. The van der Waals surface area contributed by atoms with Crippen LogP contribution in [0.25, 0.3) is 11.4 Å². The summed E-state index contributed by atoms with van der Waals surface area (Å²) in [5.41, 5.74) is 0.642. The molecule has 0 bridgehead atoms. The van der Waals surface area contributed by atoms with Crippen LogP contribution in [0.1, 0.15) is 24.7 Å². The van der Waals surface area contributed by atoms with Crippen LogP contribution >= 0.6 is 0 Å². The second kappa shape index (κ2) is 8.58. The monoisotopic (exact) mass is 469 g/mol. The number of hydrogen-bond donors (Lipinski definition) is 0. The molecule has 1 aromatic carbocycles. The summed E-state index contributed by atoms with van der Waals surface area (Å²) < 4.78 is 57.8. The van der Waals surface area contributed by atoms with Crippen LogP contribution in [0.4, 0.5) is 0 Å². The van der Waals surface area contributed by atoms with Crippen molar-refractivity contribution in [2.75, 3.05) is 52.6 Å². The van der Waals surface area contributed by atoms with Gasteiger partial charge in [0.25, 0.3) is 0 Å². The highest BCUT2D eigenvalue weighted by Crippen LogP contribution is 2.29. The van der Waals surface area contributed by atoms with Crippen LogP contribution in [0.15, 0.2) is 33.7 Å². The molecule has 0 aliphatic carbocycles. The summed E-state index contributed by atoms with van der Waals surface area (Å²) in [6.07, 6.45) is 2.70. The highest BCUT2D eigenvalue weighted by molar-refractivity contribution is 7.89. The molecule has 2 fully saturated rings. The van der Waals surface area contributed by atoms with Gasteiger partial charge in [-0.25, -0.2) is 21.1 Å². The van der Waals surface area contributed by atoms with E-state index in [1.165, 1.54) is 14.9 Å². The minimum absolute atomic E-state index is 0.151. The van der Waals surface area contributed by atoms with Gasteiger partial charge >= 0.3 is 0 Å². The number of hydrogen-bond acceptors (Lipinski definition) is 8. The van der Waals surface area contributed by atoms with E-state index in [1.54, 1.807) is 24.3 Å². The van der Waals surface area contributed by atoms with Crippen molar-refractivity contribution in [2.24, 2.45) is 0 Å². The lowest BCUT2D eigenvalue weighted by Gasteiger charge is -2.31. The van der Waals surface area contributed by atoms with Gasteiger partial charge in [0, 0.05) is 44.8 Å². The first-order valence-corrected chi connectivity index (χ1v) is 13.5. The average Bonchev–Trinajstić information content (AvgIpc) is 3.24. The molecule has 2 saturated heterocycles. The van der Waals surface area contributed by atoms with Crippen molar-refractivity contribution in [3.63, 3.8) is 0 Å². The number of likely N-dealkylation sites (N-methyl/N-ethyl adjacent to an activating group) is 1.